The van der Waals surface area contributed by atoms with Gasteiger partial charge in [-0.25, -0.2) is 0 Å². The SMILES string of the molecule is CC(=O)c1ccc(C(=O)N2CCCN(C(=O)c3ccc(Cl)cc3)CC2)[nH]1. The molecule has 2 heterocycles. The molecule has 0 saturated carbocycles. The van der Waals surface area contributed by atoms with Gasteiger partial charge in [-0.1, -0.05) is 11.6 Å². The van der Waals surface area contributed by atoms with Gasteiger partial charge in [0.1, 0.15) is 5.69 Å². The Kier molecular flexibility index (Phi) is 5.42. The van der Waals surface area contributed by atoms with Crippen molar-refractivity contribution >= 4 is 29.2 Å². The molecule has 0 unspecified atom stereocenters. The van der Waals surface area contributed by atoms with Crippen molar-refractivity contribution in [1.29, 1.82) is 0 Å². The van der Waals surface area contributed by atoms with Crippen molar-refractivity contribution in [2.24, 2.45) is 0 Å². The largest absolute Gasteiger partial charge is 0.348 e. The Balaban J connectivity index is 1.65. The summed E-state index contributed by atoms with van der Waals surface area (Å²) in [6.45, 7) is 3.53. The Morgan fingerprint density at radius 2 is 1.42 bits per heavy atom. The predicted molar refractivity (Wildman–Crippen MR) is 98.7 cm³/mol. The van der Waals surface area contributed by atoms with Crippen molar-refractivity contribution in [3.63, 3.8) is 0 Å². The molecule has 1 aromatic carbocycles. The first-order chi connectivity index (χ1) is 12.5. The smallest absolute Gasteiger partial charge is 0.270 e. The molecule has 0 atom stereocenters. The molecule has 1 saturated heterocycles. The second-order valence-electron chi connectivity index (χ2n) is 6.29. The van der Waals surface area contributed by atoms with Gasteiger partial charge in [0.25, 0.3) is 11.8 Å². The molecule has 1 fully saturated rings. The number of halogens is 1. The average molecular weight is 374 g/mol. The zero-order valence-electron chi connectivity index (χ0n) is 14.5. The van der Waals surface area contributed by atoms with E-state index in [1.807, 2.05) is 0 Å². The number of hydrogen-bond donors (Lipinski definition) is 1. The lowest BCUT2D eigenvalue weighted by Crippen LogP contribution is -2.37. The van der Waals surface area contributed by atoms with Gasteiger partial charge in [0, 0.05) is 43.7 Å². The van der Waals surface area contributed by atoms with Crippen LogP contribution in [0, 0.1) is 0 Å². The fourth-order valence-electron chi connectivity index (χ4n) is 2.99. The van der Waals surface area contributed by atoms with Crippen molar-refractivity contribution < 1.29 is 14.4 Å². The number of hydrogen-bond acceptors (Lipinski definition) is 3. The maximum absolute atomic E-state index is 12.6. The lowest BCUT2D eigenvalue weighted by Gasteiger charge is -2.22. The van der Waals surface area contributed by atoms with Crippen LogP contribution < -0.4 is 0 Å². The Morgan fingerprint density at radius 3 is 2.00 bits per heavy atom. The Hall–Kier alpha value is -2.60. The van der Waals surface area contributed by atoms with Crippen LogP contribution in [-0.2, 0) is 0 Å². The quantitative estimate of drug-likeness (QED) is 0.841. The van der Waals surface area contributed by atoms with Gasteiger partial charge >= 0.3 is 0 Å². The highest BCUT2D eigenvalue weighted by atomic mass is 35.5. The van der Waals surface area contributed by atoms with Gasteiger partial charge < -0.3 is 14.8 Å². The number of H-pyrrole nitrogens is 1. The number of carbonyl (C=O) groups excluding carboxylic acids is 3. The Morgan fingerprint density at radius 1 is 0.846 bits per heavy atom. The van der Waals surface area contributed by atoms with Gasteiger partial charge in [0.2, 0.25) is 0 Å². The van der Waals surface area contributed by atoms with Crippen LogP contribution in [0.5, 0.6) is 0 Å². The van der Waals surface area contributed by atoms with Crippen LogP contribution in [0.4, 0.5) is 0 Å². The van der Waals surface area contributed by atoms with Crippen molar-refractivity contribution in [3.8, 4) is 0 Å². The number of amides is 2. The van der Waals surface area contributed by atoms with E-state index >= 15 is 0 Å². The third kappa shape index (κ3) is 3.96. The molecule has 7 heteroatoms. The first-order valence-electron chi connectivity index (χ1n) is 8.50. The average Bonchev–Trinajstić information content (AvgIpc) is 3.00. The van der Waals surface area contributed by atoms with Gasteiger partial charge in [-0.2, -0.15) is 0 Å². The normalized spacial score (nSPS) is 14.8. The van der Waals surface area contributed by atoms with Gasteiger partial charge in [0.15, 0.2) is 5.78 Å². The zero-order valence-corrected chi connectivity index (χ0v) is 15.3. The molecule has 26 heavy (non-hydrogen) atoms. The molecule has 0 spiro atoms. The van der Waals surface area contributed by atoms with Crippen molar-refractivity contribution in [2.75, 3.05) is 26.2 Å². The third-order valence-electron chi connectivity index (χ3n) is 4.46. The van der Waals surface area contributed by atoms with E-state index < -0.39 is 0 Å². The molecule has 0 aliphatic carbocycles. The lowest BCUT2D eigenvalue weighted by atomic mass is 10.2. The van der Waals surface area contributed by atoms with E-state index in [0.717, 1.165) is 0 Å². The summed E-state index contributed by atoms with van der Waals surface area (Å²) in [6.07, 6.45) is 0.700. The molecular weight excluding hydrogens is 354 g/mol. The fraction of sp³-hybridized carbons (Fsp3) is 0.316. The molecule has 1 aromatic heterocycles. The third-order valence-corrected chi connectivity index (χ3v) is 4.71. The summed E-state index contributed by atoms with van der Waals surface area (Å²) in [5.74, 6) is -0.326. The number of aromatic nitrogens is 1. The fourth-order valence-corrected chi connectivity index (χ4v) is 3.12. The summed E-state index contributed by atoms with van der Waals surface area (Å²) in [5, 5.41) is 0.588. The molecule has 1 N–H and O–H groups in total. The molecule has 3 rings (SSSR count). The van der Waals surface area contributed by atoms with Crippen LogP contribution >= 0.6 is 11.6 Å². The molecule has 0 bridgehead atoms. The summed E-state index contributed by atoms with van der Waals surface area (Å²) < 4.78 is 0. The minimum atomic E-state index is -0.154. The van der Waals surface area contributed by atoms with Crippen LogP contribution in [0.1, 0.15) is 44.7 Å². The topological polar surface area (TPSA) is 73.5 Å². The molecule has 2 amide bonds. The van der Waals surface area contributed by atoms with E-state index in [2.05, 4.69) is 4.98 Å². The van der Waals surface area contributed by atoms with E-state index in [-0.39, 0.29) is 17.6 Å². The highest BCUT2D eigenvalue weighted by Gasteiger charge is 2.24. The number of ketones is 1. The highest BCUT2D eigenvalue weighted by molar-refractivity contribution is 6.30. The van der Waals surface area contributed by atoms with Crippen LogP contribution in [0.15, 0.2) is 36.4 Å². The summed E-state index contributed by atoms with van der Waals surface area (Å²) >= 11 is 5.87. The van der Waals surface area contributed by atoms with E-state index in [4.69, 9.17) is 11.6 Å². The molecule has 1 aliphatic rings. The molecule has 136 valence electrons. The first-order valence-corrected chi connectivity index (χ1v) is 8.87. The second kappa shape index (κ2) is 7.74. The van der Waals surface area contributed by atoms with Crippen LogP contribution in [-0.4, -0.2) is 58.6 Å². The number of nitrogens with one attached hydrogen (secondary N) is 1. The maximum Gasteiger partial charge on any atom is 0.270 e. The van der Waals surface area contributed by atoms with Crippen molar-refractivity contribution in [2.45, 2.75) is 13.3 Å². The van der Waals surface area contributed by atoms with E-state index in [1.165, 1.54) is 6.92 Å². The molecule has 6 nitrogen and oxygen atoms in total. The van der Waals surface area contributed by atoms with Gasteiger partial charge in [-0.05, 0) is 42.8 Å². The van der Waals surface area contributed by atoms with Gasteiger partial charge in [-0.15, -0.1) is 0 Å². The lowest BCUT2D eigenvalue weighted by molar-refractivity contribution is 0.0716. The summed E-state index contributed by atoms with van der Waals surface area (Å²) in [4.78, 5) is 43.0. The number of carbonyl (C=O) groups is 3. The summed E-state index contributed by atoms with van der Waals surface area (Å²) in [7, 11) is 0. The van der Waals surface area contributed by atoms with Crippen LogP contribution in [0.2, 0.25) is 5.02 Å². The zero-order chi connectivity index (χ0) is 18.7. The standard InChI is InChI=1S/C19H20ClN3O3/c1-13(24)16-7-8-17(21-16)19(26)23-10-2-9-22(11-12-23)18(25)14-3-5-15(20)6-4-14/h3-8,21H,2,9-12H2,1H3. The first kappa shape index (κ1) is 18.2. The molecule has 1 aliphatic heterocycles. The second-order valence-corrected chi connectivity index (χ2v) is 6.72. The monoisotopic (exact) mass is 373 g/mol. The van der Waals surface area contributed by atoms with E-state index in [1.54, 1.807) is 46.2 Å². The molecule has 0 radical (unpaired) electrons. The number of rotatable bonds is 3. The van der Waals surface area contributed by atoms with E-state index in [9.17, 15) is 14.4 Å². The summed E-state index contributed by atoms with van der Waals surface area (Å²) in [5.41, 5.74) is 1.40. The van der Waals surface area contributed by atoms with Crippen molar-refractivity contribution in [3.05, 3.63) is 58.4 Å². The Bertz CT molecular complexity index is 829. The minimum absolute atomic E-state index is 0.0605. The molecular formula is C19H20ClN3O3. The van der Waals surface area contributed by atoms with Gasteiger partial charge in [-0.3, -0.25) is 14.4 Å². The minimum Gasteiger partial charge on any atom is -0.348 e. The maximum atomic E-state index is 12.6. The van der Waals surface area contributed by atoms with E-state index in [0.29, 0.717) is 54.6 Å². The molecule has 2 aromatic rings. The van der Waals surface area contributed by atoms with Gasteiger partial charge in [0.05, 0.1) is 5.69 Å². The number of aromatic amines is 1. The predicted octanol–water partition coefficient (Wildman–Crippen LogP) is 2.86. The summed E-state index contributed by atoms with van der Waals surface area (Å²) in [6, 6.07) is 10.0. The number of Topliss-reactive ketones (excluding diaryl/α,β-unsaturated/α-hetero) is 1. The van der Waals surface area contributed by atoms with Crippen LogP contribution in [0.3, 0.4) is 0 Å². The number of benzene rings is 1. The highest BCUT2D eigenvalue weighted by Crippen LogP contribution is 2.14. The Labute approximate surface area is 156 Å². The van der Waals surface area contributed by atoms with Crippen LogP contribution in [0.25, 0.3) is 0 Å². The number of nitrogens with zero attached hydrogens (tertiary/aromatic N) is 2. The van der Waals surface area contributed by atoms with Crippen molar-refractivity contribution in [1.82, 2.24) is 14.8 Å².